The molecule has 0 aromatic carbocycles. The largest absolute Gasteiger partial charge is 0.481 e. The molecule has 0 spiro atoms. The standard InChI is InChI=1S/C11H11F3N2O2/c12-11(13,14)8-1-3-15-9(5-8)16-4-2-7(6-16)10(17)18/h1,3,5,7H,2,4,6H2,(H,17,18). The van der Waals surface area contributed by atoms with Crippen LogP contribution in [-0.2, 0) is 11.0 Å². The minimum Gasteiger partial charge on any atom is -0.481 e. The molecule has 1 aliphatic heterocycles. The molecule has 1 unspecified atom stereocenters. The highest BCUT2D eigenvalue weighted by molar-refractivity contribution is 5.71. The minimum atomic E-state index is -4.41. The highest BCUT2D eigenvalue weighted by Crippen LogP contribution is 2.31. The maximum absolute atomic E-state index is 12.5. The van der Waals surface area contributed by atoms with Gasteiger partial charge in [-0.05, 0) is 18.6 Å². The summed E-state index contributed by atoms with van der Waals surface area (Å²) in [6, 6.07) is 1.85. The Hall–Kier alpha value is -1.79. The van der Waals surface area contributed by atoms with Gasteiger partial charge in [0.15, 0.2) is 0 Å². The van der Waals surface area contributed by atoms with Crippen molar-refractivity contribution in [3.8, 4) is 0 Å². The second kappa shape index (κ2) is 4.47. The summed E-state index contributed by atoms with van der Waals surface area (Å²) < 4.78 is 37.6. The van der Waals surface area contributed by atoms with Crippen molar-refractivity contribution in [1.29, 1.82) is 0 Å². The molecular weight excluding hydrogens is 249 g/mol. The van der Waals surface area contributed by atoms with Crippen LogP contribution in [0.5, 0.6) is 0 Å². The Bertz CT molecular complexity index is 462. The zero-order chi connectivity index (χ0) is 13.3. The summed E-state index contributed by atoms with van der Waals surface area (Å²) in [6.07, 6.45) is -2.90. The quantitative estimate of drug-likeness (QED) is 0.883. The number of pyridine rings is 1. The van der Waals surface area contributed by atoms with Crippen molar-refractivity contribution in [2.45, 2.75) is 12.6 Å². The van der Waals surface area contributed by atoms with E-state index in [1.54, 1.807) is 4.90 Å². The second-order valence-electron chi connectivity index (χ2n) is 4.17. The fourth-order valence-electron chi connectivity index (χ4n) is 1.94. The molecule has 0 amide bonds. The summed E-state index contributed by atoms with van der Waals surface area (Å²) in [5, 5.41) is 8.83. The van der Waals surface area contributed by atoms with Gasteiger partial charge in [-0.25, -0.2) is 4.98 Å². The van der Waals surface area contributed by atoms with Gasteiger partial charge in [-0.15, -0.1) is 0 Å². The van der Waals surface area contributed by atoms with E-state index in [1.165, 1.54) is 0 Å². The molecule has 0 aliphatic carbocycles. The van der Waals surface area contributed by atoms with Gasteiger partial charge in [-0.3, -0.25) is 4.79 Å². The van der Waals surface area contributed by atoms with E-state index >= 15 is 0 Å². The molecule has 7 heteroatoms. The summed E-state index contributed by atoms with van der Waals surface area (Å²) in [4.78, 5) is 16.2. The molecule has 4 nitrogen and oxygen atoms in total. The Morgan fingerprint density at radius 3 is 2.78 bits per heavy atom. The van der Waals surface area contributed by atoms with Crippen LogP contribution in [-0.4, -0.2) is 29.1 Å². The summed E-state index contributed by atoms with van der Waals surface area (Å²) in [5.41, 5.74) is -0.772. The summed E-state index contributed by atoms with van der Waals surface area (Å²) in [7, 11) is 0. The van der Waals surface area contributed by atoms with Crippen LogP contribution in [0.15, 0.2) is 18.3 Å². The van der Waals surface area contributed by atoms with Crippen LogP contribution >= 0.6 is 0 Å². The number of halogens is 3. The Morgan fingerprint density at radius 2 is 2.22 bits per heavy atom. The fourth-order valence-corrected chi connectivity index (χ4v) is 1.94. The van der Waals surface area contributed by atoms with Gasteiger partial charge >= 0.3 is 12.1 Å². The Balaban J connectivity index is 2.18. The lowest BCUT2D eigenvalue weighted by Gasteiger charge is -2.18. The molecule has 98 valence electrons. The highest BCUT2D eigenvalue weighted by Gasteiger charge is 2.33. The van der Waals surface area contributed by atoms with E-state index in [4.69, 9.17) is 5.11 Å². The third-order valence-electron chi connectivity index (χ3n) is 2.93. The molecule has 18 heavy (non-hydrogen) atoms. The number of hydrogen-bond donors (Lipinski definition) is 1. The molecule has 0 saturated carbocycles. The number of carboxylic acid groups (broad SMARTS) is 1. The third-order valence-corrected chi connectivity index (χ3v) is 2.93. The Labute approximate surface area is 101 Å². The van der Waals surface area contributed by atoms with Gasteiger partial charge in [-0.2, -0.15) is 13.2 Å². The van der Waals surface area contributed by atoms with Gasteiger partial charge in [0.25, 0.3) is 0 Å². The smallest absolute Gasteiger partial charge is 0.416 e. The maximum Gasteiger partial charge on any atom is 0.416 e. The molecule has 2 rings (SSSR count). The number of anilines is 1. The van der Waals surface area contributed by atoms with Crippen molar-refractivity contribution < 1.29 is 23.1 Å². The van der Waals surface area contributed by atoms with E-state index in [2.05, 4.69) is 4.98 Å². The van der Waals surface area contributed by atoms with Crippen LogP contribution in [0.1, 0.15) is 12.0 Å². The predicted molar refractivity (Wildman–Crippen MR) is 57.2 cm³/mol. The summed E-state index contributed by atoms with van der Waals surface area (Å²) in [6.45, 7) is 0.606. The van der Waals surface area contributed by atoms with Crippen molar-refractivity contribution in [3.05, 3.63) is 23.9 Å². The van der Waals surface area contributed by atoms with Gasteiger partial charge in [0.05, 0.1) is 11.5 Å². The van der Waals surface area contributed by atoms with Gasteiger partial charge in [0, 0.05) is 19.3 Å². The van der Waals surface area contributed by atoms with Gasteiger partial charge in [-0.1, -0.05) is 0 Å². The molecule has 1 atom stereocenters. The lowest BCUT2D eigenvalue weighted by molar-refractivity contribution is -0.141. The molecule has 1 aliphatic rings. The van der Waals surface area contributed by atoms with E-state index in [0.717, 1.165) is 18.3 Å². The van der Waals surface area contributed by atoms with E-state index in [-0.39, 0.29) is 12.4 Å². The number of nitrogens with zero attached hydrogens (tertiary/aromatic N) is 2. The topological polar surface area (TPSA) is 53.4 Å². The first-order valence-electron chi connectivity index (χ1n) is 5.39. The molecule has 0 bridgehead atoms. The van der Waals surface area contributed by atoms with Crippen LogP contribution in [0.3, 0.4) is 0 Å². The van der Waals surface area contributed by atoms with E-state index in [1.807, 2.05) is 0 Å². The fraction of sp³-hybridized carbons (Fsp3) is 0.455. The number of carbonyl (C=O) groups is 1. The number of carboxylic acids is 1. The molecule has 1 aromatic heterocycles. The average molecular weight is 260 g/mol. The second-order valence-corrected chi connectivity index (χ2v) is 4.17. The molecule has 1 N–H and O–H groups in total. The number of rotatable bonds is 2. The van der Waals surface area contributed by atoms with Crippen molar-refractivity contribution in [2.75, 3.05) is 18.0 Å². The first-order chi connectivity index (χ1) is 8.38. The van der Waals surface area contributed by atoms with E-state index < -0.39 is 23.6 Å². The summed E-state index contributed by atoms with van der Waals surface area (Å²) in [5.74, 6) is -1.29. The van der Waals surface area contributed by atoms with Crippen LogP contribution in [0, 0.1) is 5.92 Å². The molecule has 1 fully saturated rings. The van der Waals surface area contributed by atoms with E-state index in [9.17, 15) is 18.0 Å². The zero-order valence-electron chi connectivity index (χ0n) is 9.31. The Morgan fingerprint density at radius 1 is 1.50 bits per heavy atom. The van der Waals surface area contributed by atoms with Crippen molar-refractivity contribution >= 4 is 11.8 Å². The van der Waals surface area contributed by atoms with Crippen LogP contribution in [0.2, 0.25) is 0 Å². The van der Waals surface area contributed by atoms with Gasteiger partial charge in [0.1, 0.15) is 5.82 Å². The van der Waals surface area contributed by atoms with Gasteiger partial charge in [0.2, 0.25) is 0 Å². The molecular formula is C11H11F3N2O2. The maximum atomic E-state index is 12.5. The van der Waals surface area contributed by atoms with Crippen molar-refractivity contribution in [3.63, 3.8) is 0 Å². The predicted octanol–water partition coefficient (Wildman–Crippen LogP) is 2.01. The van der Waals surface area contributed by atoms with Crippen molar-refractivity contribution in [2.24, 2.45) is 5.92 Å². The highest BCUT2D eigenvalue weighted by atomic mass is 19.4. The molecule has 1 saturated heterocycles. The number of aromatic nitrogens is 1. The Kier molecular flexibility index (Phi) is 3.14. The van der Waals surface area contributed by atoms with E-state index in [0.29, 0.717) is 13.0 Å². The monoisotopic (exact) mass is 260 g/mol. The first-order valence-corrected chi connectivity index (χ1v) is 5.39. The number of aliphatic carboxylic acids is 1. The summed E-state index contributed by atoms with van der Waals surface area (Å²) >= 11 is 0. The van der Waals surface area contributed by atoms with Crippen LogP contribution in [0.4, 0.5) is 19.0 Å². The third kappa shape index (κ3) is 2.55. The average Bonchev–Trinajstić information content (AvgIpc) is 2.77. The lowest BCUT2D eigenvalue weighted by atomic mass is 10.1. The van der Waals surface area contributed by atoms with Crippen LogP contribution < -0.4 is 4.90 Å². The SMILES string of the molecule is O=C(O)C1CCN(c2cc(C(F)(F)F)ccn2)C1. The molecule has 1 aromatic rings. The van der Waals surface area contributed by atoms with Crippen LogP contribution in [0.25, 0.3) is 0 Å². The molecule has 0 radical (unpaired) electrons. The zero-order valence-corrected chi connectivity index (χ0v) is 9.31. The minimum absolute atomic E-state index is 0.175. The lowest BCUT2D eigenvalue weighted by Crippen LogP contribution is -2.23. The molecule has 2 heterocycles. The van der Waals surface area contributed by atoms with Crippen molar-refractivity contribution in [1.82, 2.24) is 4.98 Å². The first kappa shape index (κ1) is 12.7. The number of alkyl halides is 3. The normalized spacial score (nSPS) is 20.2. The number of hydrogen-bond acceptors (Lipinski definition) is 3. The van der Waals surface area contributed by atoms with Gasteiger partial charge < -0.3 is 10.0 Å².